The first kappa shape index (κ1) is 12.4. The SMILES string of the molecule is O=C(NC1(C(=O)O)CC1)c1ccc(Br)c(Cl)c1. The van der Waals surface area contributed by atoms with E-state index in [-0.39, 0.29) is 0 Å². The van der Waals surface area contributed by atoms with Crippen molar-refractivity contribution in [2.24, 2.45) is 0 Å². The third-order valence-electron chi connectivity index (χ3n) is 2.69. The van der Waals surface area contributed by atoms with Crippen LogP contribution in [-0.4, -0.2) is 22.5 Å². The lowest BCUT2D eigenvalue weighted by Gasteiger charge is -2.12. The Hall–Kier alpha value is -1.07. The van der Waals surface area contributed by atoms with Crippen molar-refractivity contribution in [1.82, 2.24) is 5.32 Å². The lowest BCUT2D eigenvalue weighted by Crippen LogP contribution is -2.43. The summed E-state index contributed by atoms with van der Waals surface area (Å²) in [5, 5.41) is 11.9. The molecular formula is C11H9BrClNO3. The third kappa shape index (κ3) is 2.45. The molecule has 2 N–H and O–H groups in total. The second-order valence-corrected chi connectivity index (χ2v) is 5.23. The molecule has 0 aromatic heterocycles. The zero-order valence-electron chi connectivity index (χ0n) is 8.67. The Bertz CT molecular complexity index is 499. The Kier molecular flexibility index (Phi) is 3.14. The van der Waals surface area contributed by atoms with Crippen molar-refractivity contribution in [3.8, 4) is 0 Å². The molecule has 0 heterocycles. The molecule has 1 fully saturated rings. The zero-order chi connectivity index (χ0) is 12.6. The molecule has 0 bridgehead atoms. The van der Waals surface area contributed by atoms with E-state index in [9.17, 15) is 9.59 Å². The summed E-state index contributed by atoms with van der Waals surface area (Å²) in [6, 6.07) is 4.74. The first-order valence-electron chi connectivity index (χ1n) is 4.95. The summed E-state index contributed by atoms with van der Waals surface area (Å²) >= 11 is 9.08. The number of amides is 1. The lowest BCUT2D eigenvalue weighted by molar-refractivity contribution is -0.140. The predicted octanol–water partition coefficient (Wildman–Crippen LogP) is 2.45. The first-order valence-corrected chi connectivity index (χ1v) is 6.13. The van der Waals surface area contributed by atoms with Crippen molar-refractivity contribution in [2.45, 2.75) is 18.4 Å². The standard InChI is InChI=1S/C11H9BrClNO3/c12-7-2-1-6(5-8(7)13)9(15)14-11(3-4-11)10(16)17/h1-2,5H,3-4H2,(H,14,15)(H,16,17). The van der Waals surface area contributed by atoms with Gasteiger partial charge in [0.1, 0.15) is 5.54 Å². The molecule has 0 radical (unpaired) electrons. The molecule has 90 valence electrons. The van der Waals surface area contributed by atoms with Gasteiger partial charge in [-0.15, -0.1) is 0 Å². The van der Waals surface area contributed by atoms with E-state index in [2.05, 4.69) is 21.2 Å². The number of rotatable bonds is 3. The molecule has 0 atom stereocenters. The van der Waals surface area contributed by atoms with E-state index in [1.165, 1.54) is 6.07 Å². The largest absolute Gasteiger partial charge is 0.480 e. The summed E-state index contributed by atoms with van der Waals surface area (Å²) in [5.74, 6) is -1.41. The highest BCUT2D eigenvalue weighted by atomic mass is 79.9. The predicted molar refractivity (Wildman–Crippen MR) is 66.2 cm³/mol. The monoisotopic (exact) mass is 317 g/mol. The van der Waals surface area contributed by atoms with E-state index in [0.717, 1.165) is 0 Å². The van der Waals surface area contributed by atoms with Crippen molar-refractivity contribution in [2.75, 3.05) is 0 Å². The Labute approximate surface area is 111 Å². The molecule has 2 rings (SSSR count). The summed E-state index contributed by atoms with van der Waals surface area (Å²) in [6.07, 6.45) is 0.941. The number of carboxylic acids is 1. The van der Waals surface area contributed by atoms with Gasteiger partial charge in [0, 0.05) is 10.0 Å². The highest BCUT2D eigenvalue weighted by Gasteiger charge is 2.51. The maximum absolute atomic E-state index is 11.8. The third-order valence-corrected chi connectivity index (χ3v) is 3.93. The Morgan fingerprint density at radius 1 is 1.41 bits per heavy atom. The van der Waals surface area contributed by atoms with Crippen LogP contribution in [0.5, 0.6) is 0 Å². The highest BCUT2D eigenvalue weighted by Crippen LogP contribution is 2.36. The average Bonchev–Trinajstić information content (AvgIpc) is 3.03. The van der Waals surface area contributed by atoms with Crippen LogP contribution >= 0.6 is 27.5 Å². The fraction of sp³-hybridized carbons (Fsp3) is 0.273. The number of halogens is 2. The number of aliphatic carboxylic acids is 1. The molecule has 0 aliphatic heterocycles. The van der Waals surface area contributed by atoms with Crippen LogP contribution in [-0.2, 0) is 4.79 Å². The van der Waals surface area contributed by atoms with Gasteiger partial charge in [-0.25, -0.2) is 4.79 Å². The molecular weight excluding hydrogens is 309 g/mol. The summed E-state index contributed by atoms with van der Waals surface area (Å²) in [5.41, 5.74) is -0.720. The second kappa shape index (κ2) is 4.31. The number of carboxylic acid groups (broad SMARTS) is 1. The van der Waals surface area contributed by atoms with Gasteiger partial charge in [0.2, 0.25) is 0 Å². The minimum Gasteiger partial charge on any atom is -0.480 e. The van der Waals surface area contributed by atoms with Crippen LogP contribution in [0.1, 0.15) is 23.2 Å². The Morgan fingerprint density at radius 2 is 2.06 bits per heavy atom. The maximum Gasteiger partial charge on any atom is 0.329 e. The normalized spacial score (nSPS) is 16.4. The first-order chi connectivity index (χ1) is 7.94. The number of benzene rings is 1. The van der Waals surface area contributed by atoms with Crippen molar-refractivity contribution < 1.29 is 14.7 Å². The fourth-order valence-electron chi connectivity index (χ4n) is 1.44. The minimum atomic E-state index is -1.07. The molecule has 0 spiro atoms. The molecule has 0 unspecified atom stereocenters. The van der Waals surface area contributed by atoms with E-state index >= 15 is 0 Å². The van der Waals surface area contributed by atoms with Gasteiger partial charge in [0.15, 0.2) is 0 Å². The molecule has 6 heteroatoms. The Balaban J connectivity index is 2.15. The number of carbonyl (C=O) groups excluding carboxylic acids is 1. The van der Waals surface area contributed by atoms with Gasteiger partial charge in [-0.3, -0.25) is 4.79 Å². The molecule has 1 aromatic rings. The number of hydrogen-bond acceptors (Lipinski definition) is 2. The minimum absolute atomic E-state index is 0.353. The molecule has 0 saturated heterocycles. The van der Waals surface area contributed by atoms with Gasteiger partial charge >= 0.3 is 5.97 Å². The van der Waals surface area contributed by atoms with Gasteiger partial charge in [-0.2, -0.15) is 0 Å². The second-order valence-electron chi connectivity index (χ2n) is 3.97. The van der Waals surface area contributed by atoms with Crippen LogP contribution in [0, 0.1) is 0 Å². The molecule has 1 aliphatic carbocycles. The van der Waals surface area contributed by atoms with E-state index < -0.39 is 17.4 Å². The maximum atomic E-state index is 11.8. The van der Waals surface area contributed by atoms with Crippen LogP contribution in [0.25, 0.3) is 0 Å². The van der Waals surface area contributed by atoms with E-state index in [0.29, 0.717) is 27.9 Å². The van der Waals surface area contributed by atoms with Crippen LogP contribution in [0.15, 0.2) is 22.7 Å². The molecule has 1 saturated carbocycles. The topological polar surface area (TPSA) is 66.4 Å². The Morgan fingerprint density at radius 3 is 2.53 bits per heavy atom. The van der Waals surface area contributed by atoms with Gasteiger partial charge in [0.25, 0.3) is 5.91 Å². The summed E-state index contributed by atoms with van der Waals surface area (Å²) < 4.78 is 0.690. The van der Waals surface area contributed by atoms with Gasteiger partial charge in [-0.1, -0.05) is 11.6 Å². The number of hydrogen-bond donors (Lipinski definition) is 2. The van der Waals surface area contributed by atoms with Gasteiger partial charge in [-0.05, 0) is 47.0 Å². The van der Waals surface area contributed by atoms with Crippen molar-refractivity contribution >= 4 is 39.4 Å². The fourth-order valence-corrected chi connectivity index (χ4v) is 1.87. The molecule has 17 heavy (non-hydrogen) atoms. The van der Waals surface area contributed by atoms with Gasteiger partial charge in [0.05, 0.1) is 5.02 Å². The number of nitrogens with one attached hydrogen (secondary N) is 1. The van der Waals surface area contributed by atoms with Crippen molar-refractivity contribution in [1.29, 1.82) is 0 Å². The zero-order valence-corrected chi connectivity index (χ0v) is 11.0. The molecule has 1 amide bonds. The summed E-state index contributed by atoms with van der Waals surface area (Å²) in [4.78, 5) is 22.7. The summed E-state index contributed by atoms with van der Waals surface area (Å²) in [7, 11) is 0. The van der Waals surface area contributed by atoms with Crippen molar-refractivity contribution in [3.63, 3.8) is 0 Å². The summed E-state index contributed by atoms with van der Waals surface area (Å²) in [6.45, 7) is 0. The van der Waals surface area contributed by atoms with Crippen LogP contribution in [0.4, 0.5) is 0 Å². The van der Waals surface area contributed by atoms with E-state index in [1.807, 2.05) is 0 Å². The van der Waals surface area contributed by atoms with Crippen LogP contribution < -0.4 is 5.32 Å². The highest BCUT2D eigenvalue weighted by molar-refractivity contribution is 9.10. The lowest BCUT2D eigenvalue weighted by atomic mass is 10.2. The quantitative estimate of drug-likeness (QED) is 0.899. The number of carbonyl (C=O) groups is 2. The van der Waals surface area contributed by atoms with Crippen molar-refractivity contribution in [3.05, 3.63) is 33.3 Å². The van der Waals surface area contributed by atoms with Crippen LogP contribution in [0.3, 0.4) is 0 Å². The van der Waals surface area contributed by atoms with E-state index in [4.69, 9.17) is 16.7 Å². The van der Waals surface area contributed by atoms with Gasteiger partial charge < -0.3 is 10.4 Å². The smallest absolute Gasteiger partial charge is 0.329 e. The van der Waals surface area contributed by atoms with E-state index in [1.54, 1.807) is 12.1 Å². The molecule has 1 aromatic carbocycles. The van der Waals surface area contributed by atoms with Crippen LogP contribution in [0.2, 0.25) is 5.02 Å². The average molecular weight is 319 g/mol. The molecule has 4 nitrogen and oxygen atoms in total. The molecule has 1 aliphatic rings.